The van der Waals surface area contributed by atoms with Crippen LogP contribution in [0.1, 0.15) is 35.4 Å². The van der Waals surface area contributed by atoms with Crippen molar-refractivity contribution in [2.75, 3.05) is 27.9 Å². The van der Waals surface area contributed by atoms with Crippen LogP contribution in [0.4, 0.5) is 0 Å². The summed E-state index contributed by atoms with van der Waals surface area (Å²) in [7, 11) is 0.445. The molecular weight excluding hydrogens is 408 g/mol. The zero-order chi connectivity index (χ0) is 22.3. The summed E-state index contributed by atoms with van der Waals surface area (Å²) >= 11 is 0. The Hall–Kier alpha value is -2.58. The molecule has 0 fully saturated rings. The van der Waals surface area contributed by atoms with Crippen molar-refractivity contribution < 1.29 is 31.6 Å². The molecule has 2 rings (SSSR count). The summed E-state index contributed by atoms with van der Waals surface area (Å²) in [5.74, 6) is 0.364. The van der Waals surface area contributed by atoms with E-state index in [0.29, 0.717) is 17.9 Å². The van der Waals surface area contributed by atoms with Crippen LogP contribution in [0, 0.1) is 13.8 Å². The van der Waals surface area contributed by atoms with Crippen molar-refractivity contribution in [1.82, 2.24) is 0 Å². The van der Waals surface area contributed by atoms with E-state index in [0.717, 1.165) is 16.7 Å². The third kappa shape index (κ3) is 5.96. The van der Waals surface area contributed by atoms with Crippen molar-refractivity contribution in [3.8, 4) is 11.5 Å². The summed E-state index contributed by atoms with van der Waals surface area (Å²) in [4.78, 5) is 11.8. The van der Waals surface area contributed by atoms with E-state index < -0.39 is 16.0 Å². The predicted octanol–water partition coefficient (Wildman–Crippen LogP) is 3.76. The Bertz CT molecular complexity index is 966. The molecule has 0 aliphatic rings. The molecular formula is C22H28O7S. The maximum atomic E-state index is 12.6. The molecule has 0 bridgehead atoms. The number of esters is 1. The molecule has 0 heterocycles. The SMILES string of the molecule is COC(=O)CCC(COS(=O)(=O)c1ccc(C)cc1)c1c(C)cc(OC)cc1OC. The van der Waals surface area contributed by atoms with Crippen LogP contribution in [-0.4, -0.2) is 42.3 Å². The summed E-state index contributed by atoms with van der Waals surface area (Å²) < 4.78 is 46.2. The number of aryl methyl sites for hydroxylation is 2. The average Bonchev–Trinajstić information content (AvgIpc) is 2.73. The number of carbonyl (C=O) groups excluding carboxylic acids is 1. The molecule has 0 amide bonds. The first kappa shape index (κ1) is 23.7. The topological polar surface area (TPSA) is 88.1 Å². The van der Waals surface area contributed by atoms with Gasteiger partial charge in [-0.25, -0.2) is 0 Å². The summed E-state index contributed by atoms with van der Waals surface area (Å²) in [6.45, 7) is 3.61. The molecule has 30 heavy (non-hydrogen) atoms. The van der Waals surface area contributed by atoms with Gasteiger partial charge in [0.15, 0.2) is 0 Å². The third-order valence-electron chi connectivity index (χ3n) is 4.84. The van der Waals surface area contributed by atoms with Crippen molar-refractivity contribution in [3.05, 3.63) is 53.1 Å². The van der Waals surface area contributed by atoms with E-state index in [1.165, 1.54) is 26.4 Å². The van der Waals surface area contributed by atoms with Crippen LogP contribution < -0.4 is 9.47 Å². The highest BCUT2D eigenvalue weighted by Crippen LogP contribution is 2.37. The molecule has 0 saturated carbocycles. The highest BCUT2D eigenvalue weighted by molar-refractivity contribution is 7.86. The van der Waals surface area contributed by atoms with E-state index in [2.05, 4.69) is 0 Å². The lowest BCUT2D eigenvalue weighted by atomic mass is 9.90. The van der Waals surface area contributed by atoms with Gasteiger partial charge < -0.3 is 14.2 Å². The highest BCUT2D eigenvalue weighted by Gasteiger charge is 2.25. The molecule has 1 unspecified atom stereocenters. The van der Waals surface area contributed by atoms with Gasteiger partial charge in [0.05, 0.1) is 32.8 Å². The van der Waals surface area contributed by atoms with Gasteiger partial charge in [0.25, 0.3) is 10.1 Å². The fraction of sp³-hybridized carbons (Fsp3) is 0.409. The second kappa shape index (κ2) is 10.4. The average molecular weight is 437 g/mol. The quantitative estimate of drug-likeness (QED) is 0.414. The lowest BCUT2D eigenvalue weighted by Crippen LogP contribution is -2.17. The monoisotopic (exact) mass is 436 g/mol. The predicted molar refractivity (Wildman–Crippen MR) is 113 cm³/mol. The molecule has 2 aromatic carbocycles. The van der Waals surface area contributed by atoms with Gasteiger partial charge in [0.1, 0.15) is 11.5 Å². The molecule has 2 aromatic rings. The second-order valence-corrected chi connectivity index (χ2v) is 8.54. The Labute approximate surface area is 178 Å². The number of ether oxygens (including phenoxy) is 3. The summed E-state index contributed by atoms with van der Waals surface area (Å²) in [5, 5.41) is 0. The van der Waals surface area contributed by atoms with Crippen molar-refractivity contribution in [3.63, 3.8) is 0 Å². The largest absolute Gasteiger partial charge is 0.497 e. The fourth-order valence-electron chi connectivity index (χ4n) is 3.19. The lowest BCUT2D eigenvalue weighted by Gasteiger charge is -2.22. The Morgan fingerprint density at radius 1 is 1.00 bits per heavy atom. The van der Waals surface area contributed by atoms with Gasteiger partial charge >= 0.3 is 5.97 Å². The highest BCUT2D eigenvalue weighted by atomic mass is 32.2. The third-order valence-corrected chi connectivity index (χ3v) is 6.14. The molecule has 164 valence electrons. The number of hydrogen-bond acceptors (Lipinski definition) is 7. The molecule has 0 aliphatic carbocycles. The minimum Gasteiger partial charge on any atom is -0.497 e. The molecule has 0 N–H and O–H groups in total. The van der Waals surface area contributed by atoms with Crippen LogP contribution >= 0.6 is 0 Å². The van der Waals surface area contributed by atoms with E-state index in [1.807, 2.05) is 19.9 Å². The fourth-order valence-corrected chi connectivity index (χ4v) is 4.14. The number of benzene rings is 2. The molecule has 0 spiro atoms. The summed E-state index contributed by atoms with van der Waals surface area (Å²) in [6, 6.07) is 9.99. The zero-order valence-corrected chi connectivity index (χ0v) is 18.7. The van der Waals surface area contributed by atoms with Crippen LogP contribution in [0.5, 0.6) is 11.5 Å². The number of methoxy groups -OCH3 is 3. The van der Waals surface area contributed by atoms with E-state index in [-0.39, 0.29) is 23.9 Å². The maximum Gasteiger partial charge on any atom is 0.305 e. The van der Waals surface area contributed by atoms with Gasteiger partial charge in [0.2, 0.25) is 0 Å². The van der Waals surface area contributed by atoms with Gasteiger partial charge in [-0.2, -0.15) is 8.42 Å². The zero-order valence-electron chi connectivity index (χ0n) is 17.9. The van der Waals surface area contributed by atoms with Crippen LogP contribution in [-0.2, 0) is 23.8 Å². The second-order valence-electron chi connectivity index (χ2n) is 6.92. The van der Waals surface area contributed by atoms with Crippen LogP contribution in [0.15, 0.2) is 41.3 Å². The van der Waals surface area contributed by atoms with E-state index in [1.54, 1.807) is 25.3 Å². The van der Waals surface area contributed by atoms with Crippen LogP contribution in [0.3, 0.4) is 0 Å². The molecule has 0 aromatic heterocycles. The molecule has 1 atom stereocenters. The minimum absolute atomic E-state index is 0.0817. The first-order valence-electron chi connectivity index (χ1n) is 9.47. The van der Waals surface area contributed by atoms with Gasteiger partial charge in [-0.05, 0) is 44.0 Å². The number of hydrogen-bond donors (Lipinski definition) is 0. The smallest absolute Gasteiger partial charge is 0.305 e. The molecule has 0 saturated heterocycles. The van der Waals surface area contributed by atoms with E-state index in [9.17, 15) is 13.2 Å². The van der Waals surface area contributed by atoms with Crippen LogP contribution in [0.25, 0.3) is 0 Å². The maximum absolute atomic E-state index is 12.6. The van der Waals surface area contributed by atoms with E-state index in [4.69, 9.17) is 18.4 Å². The van der Waals surface area contributed by atoms with Crippen molar-refractivity contribution in [1.29, 1.82) is 0 Å². The van der Waals surface area contributed by atoms with Gasteiger partial charge in [0, 0.05) is 24.0 Å². The lowest BCUT2D eigenvalue weighted by molar-refractivity contribution is -0.140. The van der Waals surface area contributed by atoms with Gasteiger partial charge in [-0.3, -0.25) is 8.98 Å². The van der Waals surface area contributed by atoms with Gasteiger partial charge in [-0.1, -0.05) is 17.7 Å². The summed E-state index contributed by atoms with van der Waals surface area (Å²) in [5.41, 5.74) is 2.56. The Morgan fingerprint density at radius 3 is 2.23 bits per heavy atom. The van der Waals surface area contributed by atoms with Crippen molar-refractivity contribution in [2.45, 2.75) is 37.5 Å². The van der Waals surface area contributed by atoms with Crippen molar-refractivity contribution >= 4 is 16.1 Å². The normalized spacial score (nSPS) is 12.3. The standard InChI is InChI=1S/C22H28O7S/c1-15-6-9-19(10-7-15)30(24,25)29-14-17(8-11-21(23)28-5)22-16(2)12-18(26-3)13-20(22)27-4/h6-7,9-10,12-13,17H,8,11,14H2,1-5H3. The molecule has 7 nitrogen and oxygen atoms in total. The Morgan fingerprint density at radius 2 is 1.67 bits per heavy atom. The number of carbonyl (C=O) groups is 1. The number of rotatable bonds is 10. The van der Waals surface area contributed by atoms with Crippen molar-refractivity contribution in [2.24, 2.45) is 0 Å². The first-order valence-corrected chi connectivity index (χ1v) is 10.9. The Balaban J connectivity index is 2.34. The summed E-state index contributed by atoms with van der Waals surface area (Å²) in [6.07, 6.45) is 0.448. The first-order chi connectivity index (χ1) is 14.2. The molecule has 0 aliphatic heterocycles. The van der Waals surface area contributed by atoms with Crippen LogP contribution in [0.2, 0.25) is 0 Å². The van der Waals surface area contributed by atoms with E-state index >= 15 is 0 Å². The molecule has 8 heteroatoms. The minimum atomic E-state index is -3.95. The Kier molecular flexibility index (Phi) is 8.25. The van der Waals surface area contributed by atoms with Gasteiger partial charge in [-0.15, -0.1) is 0 Å². The molecule has 0 radical (unpaired) electrons.